The van der Waals surface area contributed by atoms with E-state index in [1.54, 1.807) is 12.1 Å². The van der Waals surface area contributed by atoms with Crippen molar-refractivity contribution in [1.29, 1.82) is 0 Å². The van der Waals surface area contributed by atoms with Gasteiger partial charge in [-0.05, 0) is 37.1 Å². The van der Waals surface area contributed by atoms with Crippen LogP contribution in [0.5, 0.6) is 5.75 Å². The average molecular weight is 287 g/mol. The maximum Gasteiger partial charge on any atom is 0.124 e. The molecule has 2 aromatic carbocycles. The van der Waals surface area contributed by atoms with Gasteiger partial charge < -0.3 is 10.1 Å². The quantitative estimate of drug-likeness (QED) is 0.811. The summed E-state index contributed by atoms with van der Waals surface area (Å²) in [5.41, 5.74) is 2.21. The van der Waals surface area contributed by atoms with Gasteiger partial charge in [-0.2, -0.15) is 0 Å². The van der Waals surface area contributed by atoms with Gasteiger partial charge in [0.25, 0.3) is 0 Å². The first-order valence-corrected chi connectivity index (χ1v) is 7.40. The molecule has 1 N–H and O–H groups in total. The predicted molar refractivity (Wildman–Crippen MR) is 83.9 cm³/mol. The van der Waals surface area contributed by atoms with Crippen LogP contribution in [0.25, 0.3) is 0 Å². The second kappa shape index (κ2) is 7.79. The molecule has 2 rings (SSSR count). The lowest BCUT2D eigenvalue weighted by atomic mass is 10.1. The Labute approximate surface area is 126 Å². The molecule has 0 saturated heterocycles. The van der Waals surface area contributed by atoms with Gasteiger partial charge >= 0.3 is 0 Å². The summed E-state index contributed by atoms with van der Waals surface area (Å²) in [5, 5.41) is 3.45. The van der Waals surface area contributed by atoms with E-state index in [4.69, 9.17) is 4.74 Å². The molecule has 112 valence electrons. The summed E-state index contributed by atoms with van der Waals surface area (Å²) in [6.45, 7) is 5.63. The minimum atomic E-state index is -0.204. The molecule has 1 atom stereocenters. The molecule has 0 aliphatic rings. The van der Waals surface area contributed by atoms with E-state index in [1.807, 2.05) is 18.2 Å². The van der Waals surface area contributed by atoms with Crippen LogP contribution in [-0.4, -0.2) is 6.61 Å². The highest BCUT2D eigenvalue weighted by Crippen LogP contribution is 2.25. The molecule has 0 aliphatic heterocycles. The Morgan fingerprint density at radius 2 is 1.81 bits per heavy atom. The summed E-state index contributed by atoms with van der Waals surface area (Å²) >= 11 is 0. The molecule has 0 spiro atoms. The third-order valence-corrected chi connectivity index (χ3v) is 3.37. The van der Waals surface area contributed by atoms with Crippen molar-refractivity contribution < 1.29 is 9.13 Å². The van der Waals surface area contributed by atoms with Gasteiger partial charge in [0.2, 0.25) is 0 Å². The Bertz CT molecular complexity index is 553. The Hall–Kier alpha value is -1.87. The SMILES string of the molecule is CCCOc1ccccc1C(C)NCc1ccc(F)cc1. The fourth-order valence-corrected chi connectivity index (χ4v) is 2.16. The molecule has 0 saturated carbocycles. The van der Waals surface area contributed by atoms with E-state index >= 15 is 0 Å². The number of hydrogen-bond donors (Lipinski definition) is 1. The molecule has 0 amide bonds. The lowest BCUT2D eigenvalue weighted by Gasteiger charge is -2.18. The summed E-state index contributed by atoms with van der Waals surface area (Å²) in [5.74, 6) is 0.726. The molecular weight excluding hydrogens is 265 g/mol. The third-order valence-electron chi connectivity index (χ3n) is 3.37. The van der Waals surface area contributed by atoms with Crippen LogP contribution in [0.2, 0.25) is 0 Å². The summed E-state index contributed by atoms with van der Waals surface area (Å²) in [4.78, 5) is 0. The molecule has 0 radical (unpaired) electrons. The van der Waals surface area contributed by atoms with Gasteiger partial charge in [-0.1, -0.05) is 37.3 Å². The predicted octanol–water partition coefficient (Wildman–Crippen LogP) is 4.47. The highest BCUT2D eigenvalue weighted by Gasteiger charge is 2.10. The molecule has 2 nitrogen and oxygen atoms in total. The molecule has 3 heteroatoms. The van der Waals surface area contributed by atoms with Crippen LogP contribution in [0.4, 0.5) is 4.39 Å². The smallest absolute Gasteiger partial charge is 0.124 e. The second-order valence-corrected chi connectivity index (χ2v) is 5.12. The van der Waals surface area contributed by atoms with E-state index in [1.165, 1.54) is 12.1 Å². The summed E-state index contributed by atoms with van der Waals surface area (Å²) < 4.78 is 18.7. The minimum Gasteiger partial charge on any atom is -0.493 e. The zero-order chi connectivity index (χ0) is 15.1. The summed E-state index contributed by atoms with van der Waals surface area (Å²) in [7, 11) is 0. The maximum absolute atomic E-state index is 12.9. The van der Waals surface area contributed by atoms with Crippen LogP contribution in [0.15, 0.2) is 48.5 Å². The molecule has 21 heavy (non-hydrogen) atoms. The van der Waals surface area contributed by atoms with Crippen molar-refractivity contribution in [3.63, 3.8) is 0 Å². The van der Waals surface area contributed by atoms with E-state index in [0.717, 1.165) is 29.9 Å². The van der Waals surface area contributed by atoms with E-state index in [0.29, 0.717) is 6.54 Å². The first-order chi connectivity index (χ1) is 10.2. The number of halogens is 1. The normalized spacial score (nSPS) is 12.1. The topological polar surface area (TPSA) is 21.3 Å². The second-order valence-electron chi connectivity index (χ2n) is 5.12. The summed E-state index contributed by atoms with van der Waals surface area (Å²) in [6, 6.07) is 14.8. The number of rotatable bonds is 7. The standard InChI is InChI=1S/C18H22FNO/c1-3-12-21-18-7-5-4-6-17(18)14(2)20-13-15-8-10-16(19)11-9-15/h4-11,14,20H,3,12-13H2,1-2H3. The number of benzene rings is 2. The van der Waals surface area contributed by atoms with Crippen LogP contribution in [0.3, 0.4) is 0 Å². The van der Waals surface area contributed by atoms with Gasteiger partial charge in [-0.15, -0.1) is 0 Å². The number of ether oxygens (including phenoxy) is 1. The van der Waals surface area contributed by atoms with Crippen molar-refractivity contribution in [2.75, 3.05) is 6.61 Å². The van der Waals surface area contributed by atoms with Crippen LogP contribution >= 0.6 is 0 Å². The van der Waals surface area contributed by atoms with Crippen LogP contribution in [0.1, 0.15) is 37.4 Å². The molecule has 1 unspecified atom stereocenters. The lowest BCUT2D eigenvalue weighted by Crippen LogP contribution is -2.19. The minimum absolute atomic E-state index is 0.170. The Morgan fingerprint density at radius 3 is 2.52 bits per heavy atom. The average Bonchev–Trinajstić information content (AvgIpc) is 2.52. The van der Waals surface area contributed by atoms with Crippen molar-refractivity contribution in [3.05, 3.63) is 65.5 Å². The first kappa shape index (κ1) is 15.5. The zero-order valence-corrected chi connectivity index (χ0v) is 12.6. The fraction of sp³-hybridized carbons (Fsp3) is 0.333. The van der Waals surface area contributed by atoms with Crippen LogP contribution < -0.4 is 10.1 Å². The van der Waals surface area contributed by atoms with E-state index in [-0.39, 0.29) is 11.9 Å². The molecule has 0 bridgehead atoms. The van der Waals surface area contributed by atoms with Gasteiger partial charge in [-0.25, -0.2) is 4.39 Å². The number of para-hydroxylation sites is 1. The summed E-state index contributed by atoms with van der Waals surface area (Å²) in [6.07, 6.45) is 0.992. The highest BCUT2D eigenvalue weighted by molar-refractivity contribution is 5.35. The maximum atomic E-state index is 12.9. The Kier molecular flexibility index (Phi) is 5.76. The van der Waals surface area contributed by atoms with Gasteiger partial charge in [0.05, 0.1) is 6.61 Å². The van der Waals surface area contributed by atoms with Crippen molar-refractivity contribution in [2.45, 2.75) is 32.9 Å². The van der Waals surface area contributed by atoms with Gasteiger partial charge in [0, 0.05) is 18.2 Å². The largest absolute Gasteiger partial charge is 0.493 e. The molecule has 2 aromatic rings. The molecule has 0 fully saturated rings. The highest BCUT2D eigenvalue weighted by atomic mass is 19.1. The number of hydrogen-bond acceptors (Lipinski definition) is 2. The molecule has 0 aromatic heterocycles. The van der Waals surface area contributed by atoms with Crippen molar-refractivity contribution in [3.8, 4) is 5.75 Å². The molecule has 0 heterocycles. The van der Waals surface area contributed by atoms with E-state index in [9.17, 15) is 4.39 Å². The van der Waals surface area contributed by atoms with E-state index in [2.05, 4.69) is 25.2 Å². The van der Waals surface area contributed by atoms with Crippen molar-refractivity contribution in [1.82, 2.24) is 5.32 Å². The molecular formula is C18H22FNO. The molecule has 0 aliphatic carbocycles. The van der Waals surface area contributed by atoms with Gasteiger partial charge in [-0.3, -0.25) is 0 Å². The number of nitrogens with one attached hydrogen (secondary N) is 1. The van der Waals surface area contributed by atoms with Gasteiger partial charge in [0.15, 0.2) is 0 Å². The Morgan fingerprint density at radius 1 is 1.10 bits per heavy atom. The van der Waals surface area contributed by atoms with Gasteiger partial charge in [0.1, 0.15) is 11.6 Å². The first-order valence-electron chi connectivity index (χ1n) is 7.40. The Balaban J connectivity index is 1.99. The van der Waals surface area contributed by atoms with Crippen LogP contribution in [-0.2, 0) is 6.54 Å². The van der Waals surface area contributed by atoms with Crippen molar-refractivity contribution in [2.24, 2.45) is 0 Å². The monoisotopic (exact) mass is 287 g/mol. The third kappa shape index (κ3) is 4.57. The fourth-order valence-electron chi connectivity index (χ4n) is 2.16. The van der Waals surface area contributed by atoms with Crippen molar-refractivity contribution >= 4 is 0 Å². The van der Waals surface area contributed by atoms with E-state index < -0.39 is 0 Å². The lowest BCUT2D eigenvalue weighted by molar-refractivity contribution is 0.310. The van der Waals surface area contributed by atoms with Crippen LogP contribution in [0, 0.1) is 5.82 Å². The zero-order valence-electron chi connectivity index (χ0n) is 12.6.